The number of hydrogen-bond acceptors (Lipinski definition) is 3. The summed E-state index contributed by atoms with van der Waals surface area (Å²) in [5, 5.41) is 14.0. The third-order valence-electron chi connectivity index (χ3n) is 5.30. The summed E-state index contributed by atoms with van der Waals surface area (Å²) in [4.78, 5) is 2.50. The Kier molecular flexibility index (Phi) is 4.54. The van der Waals surface area contributed by atoms with E-state index < -0.39 is 0 Å². The fourth-order valence-corrected chi connectivity index (χ4v) is 3.83. The Morgan fingerprint density at radius 2 is 2.09 bits per heavy atom. The van der Waals surface area contributed by atoms with Crippen LogP contribution in [0.5, 0.6) is 0 Å². The average Bonchev–Trinajstić information content (AvgIpc) is 2.91. The lowest BCUT2D eigenvalue weighted by molar-refractivity contribution is 0.0906. The molecule has 0 unspecified atom stereocenters. The minimum atomic E-state index is -0.0248. The Balaban J connectivity index is 1.51. The van der Waals surface area contributed by atoms with E-state index >= 15 is 0 Å². The molecule has 0 spiro atoms. The molecule has 2 fully saturated rings. The Bertz CT molecular complexity index is 528. The van der Waals surface area contributed by atoms with Gasteiger partial charge in [0.25, 0.3) is 0 Å². The number of likely N-dealkylation sites (tertiary alicyclic amines) is 1. The van der Waals surface area contributed by atoms with Gasteiger partial charge in [-0.3, -0.25) is 4.68 Å². The molecule has 0 N–H and O–H groups in total. The van der Waals surface area contributed by atoms with Gasteiger partial charge in [0.05, 0.1) is 23.7 Å². The van der Waals surface area contributed by atoms with Crippen molar-refractivity contribution in [3.63, 3.8) is 0 Å². The van der Waals surface area contributed by atoms with E-state index in [0.29, 0.717) is 12.0 Å². The van der Waals surface area contributed by atoms with Gasteiger partial charge >= 0.3 is 0 Å². The van der Waals surface area contributed by atoms with Gasteiger partial charge < -0.3 is 4.90 Å². The SMILES string of the molecule is CC(C)Cc1cnn(C2CCN(CC3(C#N)CCC3)CC2)c1. The van der Waals surface area contributed by atoms with Gasteiger partial charge in [-0.05, 0) is 43.6 Å². The number of hydrogen-bond donors (Lipinski definition) is 0. The van der Waals surface area contributed by atoms with Crippen LogP contribution in [0.15, 0.2) is 12.4 Å². The molecule has 0 radical (unpaired) electrons. The highest BCUT2D eigenvalue weighted by atomic mass is 15.3. The molecule has 3 rings (SSSR count). The first-order valence-corrected chi connectivity index (χ1v) is 8.77. The van der Waals surface area contributed by atoms with E-state index in [2.05, 4.69) is 40.8 Å². The van der Waals surface area contributed by atoms with E-state index in [-0.39, 0.29) is 5.41 Å². The maximum atomic E-state index is 9.38. The van der Waals surface area contributed by atoms with Crippen LogP contribution in [-0.2, 0) is 6.42 Å². The van der Waals surface area contributed by atoms with Crippen molar-refractivity contribution in [2.45, 2.75) is 58.4 Å². The van der Waals surface area contributed by atoms with E-state index in [9.17, 15) is 5.26 Å². The highest BCUT2D eigenvalue weighted by Crippen LogP contribution is 2.41. The van der Waals surface area contributed by atoms with Crippen LogP contribution in [0.3, 0.4) is 0 Å². The molecule has 1 aliphatic heterocycles. The van der Waals surface area contributed by atoms with Crippen LogP contribution in [-0.4, -0.2) is 34.3 Å². The van der Waals surface area contributed by atoms with Crippen LogP contribution in [0, 0.1) is 22.7 Å². The lowest BCUT2D eigenvalue weighted by Gasteiger charge is -2.41. The number of rotatable bonds is 5. The number of nitriles is 1. The van der Waals surface area contributed by atoms with Gasteiger partial charge in [0.1, 0.15) is 0 Å². The molecule has 1 saturated carbocycles. The molecule has 1 aromatic rings. The molecule has 2 heterocycles. The van der Waals surface area contributed by atoms with E-state index in [1.54, 1.807) is 0 Å². The molecule has 1 saturated heterocycles. The molecular formula is C18H28N4. The summed E-state index contributed by atoms with van der Waals surface area (Å²) in [6.45, 7) is 7.69. The Labute approximate surface area is 134 Å². The Morgan fingerprint density at radius 1 is 1.36 bits per heavy atom. The second-order valence-electron chi connectivity index (χ2n) is 7.68. The Morgan fingerprint density at radius 3 is 2.64 bits per heavy atom. The molecule has 0 amide bonds. The zero-order chi connectivity index (χ0) is 15.6. The van der Waals surface area contributed by atoms with Crippen LogP contribution in [0.1, 0.15) is 57.6 Å². The van der Waals surface area contributed by atoms with Crippen LogP contribution in [0.25, 0.3) is 0 Å². The first-order chi connectivity index (χ1) is 10.6. The fourth-order valence-electron chi connectivity index (χ4n) is 3.83. The monoisotopic (exact) mass is 300 g/mol. The molecule has 120 valence electrons. The zero-order valence-electron chi connectivity index (χ0n) is 14.0. The minimum Gasteiger partial charge on any atom is -0.302 e. The molecule has 2 aliphatic rings. The normalized spacial score (nSPS) is 22.5. The van der Waals surface area contributed by atoms with Gasteiger partial charge in [0.15, 0.2) is 0 Å². The zero-order valence-corrected chi connectivity index (χ0v) is 14.0. The molecule has 0 aromatic carbocycles. The summed E-state index contributed by atoms with van der Waals surface area (Å²) in [6.07, 6.45) is 11.1. The highest BCUT2D eigenvalue weighted by Gasteiger charge is 2.39. The van der Waals surface area contributed by atoms with Crippen molar-refractivity contribution in [2.24, 2.45) is 11.3 Å². The summed E-state index contributed by atoms with van der Waals surface area (Å²) in [7, 11) is 0. The summed E-state index contributed by atoms with van der Waals surface area (Å²) in [6, 6.07) is 3.11. The third-order valence-corrected chi connectivity index (χ3v) is 5.30. The van der Waals surface area contributed by atoms with Crippen molar-refractivity contribution in [3.8, 4) is 6.07 Å². The van der Waals surface area contributed by atoms with E-state index in [0.717, 1.165) is 51.7 Å². The number of piperidine rings is 1. The average molecular weight is 300 g/mol. The molecular weight excluding hydrogens is 272 g/mol. The van der Waals surface area contributed by atoms with Crippen LogP contribution in [0.2, 0.25) is 0 Å². The largest absolute Gasteiger partial charge is 0.302 e. The van der Waals surface area contributed by atoms with Crippen molar-refractivity contribution < 1.29 is 0 Å². The van der Waals surface area contributed by atoms with Crippen molar-refractivity contribution in [1.82, 2.24) is 14.7 Å². The number of aromatic nitrogens is 2. The van der Waals surface area contributed by atoms with E-state index in [1.165, 1.54) is 12.0 Å². The van der Waals surface area contributed by atoms with Gasteiger partial charge in [0, 0.05) is 25.8 Å². The van der Waals surface area contributed by atoms with Gasteiger partial charge in [-0.1, -0.05) is 20.3 Å². The predicted octanol–water partition coefficient (Wildman–Crippen LogP) is 3.41. The second kappa shape index (κ2) is 6.42. The van der Waals surface area contributed by atoms with Crippen molar-refractivity contribution >= 4 is 0 Å². The molecule has 0 atom stereocenters. The van der Waals surface area contributed by atoms with Gasteiger partial charge in [0.2, 0.25) is 0 Å². The van der Waals surface area contributed by atoms with Crippen LogP contribution in [0.4, 0.5) is 0 Å². The fraction of sp³-hybridized carbons (Fsp3) is 0.778. The van der Waals surface area contributed by atoms with Crippen LogP contribution >= 0.6 is 0 Å². The highest BCUT2D eigenvalue weighted by molar-refractivity contribution is 5.07. The molecule has 0 bridgehead atoms. The summed E-state index contributed by atoms with van der Waals surface area (Å²) in [5.74, 6) is 0.684. The quantitative estimate of drug-likeness (QED) is 0.837. The van der Waals surface area contributed by atoms with E-state index in [4.69, 9.17) is 0 Å². The van der Waals surface area contributed by atoms with Gasteiger partial charge in [-0.25, -0.2) is 0 Å². The number of nitrogens with zero attached hydrogens (tertiary/aromatic N) is 4. The summed E-state index contributed by atoms with van der Waals surface area (Å²) < 4.78 is 2.18. The standard InChI is InChI=1S/C18H28N4/c1-15(2)10-16-11-20-22(12-16)17-4-8-21(9-5-17)14-18(13-19)6-3-7-18/h11-12,15,17H,3-10,14H2,1-2H3. The first kappa shape index (κ1) is 15.6. The maximum Gasteiger partial charge on any atom is 0.0703 e. The second-order valence-corrected chi connectivity index (χ2v) is 7.68. The molecule has 1 aliphatic carbocycles. The van der Waals surface area contributed by atoms with Gasteiger partial charge in [-0.15, -0.1) is 0 Å². The van der Waals surface area contributed by atoms with Gasteiger partial charge in [-0.2, -0.15) is 10.4 Å². The topological polar surface area (TPSA) is 44.9 Å². The molecule has 4 nitrogen and oxygen atoms in total. The first-order valence-electron chi connectivity index (χ1n) is 8.77. The third kappa shape index (κ3) is 3.35. The Hall–Kier alpha value is -1.34. The van der Waals surface area contributed by atoms with E-state index in [1.807, 2.05) is 6.20 Å². The predicted molar refractivity (Wildman–Crippen MR) is 87.4 cm³/mol. The van der Waals surface area contributed by atoms with Crippen molar-refractivity contribution in [1.29, 1.82) is 5.26 Å². The minimum absolute atomic E-state index is 0.0248. The smallest absolute Gasteiger partial charge is 0.0703 e. The van der Waals surface area contributed by atoms with Crippen LogP contribution < -0.4 is 0 Å². The lowest BCUT2D eigenvalue weighted by atomic mass is 9.69. The lowest BCUT2D eigenvalue weighted by Crippen LogP contribution is -2.44. The van der Waals surface area contributed by atoms with Crippen molar-refractivity contribution in [3.05, 3.63) is 18.0 Å². The molecule has 4 heteroatoms. The summed E-state index contributed by atoms with van der Waals surface area (Å²) in [5.41, 5.74) is 1.33. The van der Waals surface area contributed by atoms with Crippen molar-refractivity contribution in [2.75, 3.05) is 19.6 Å². The molecule has 22 heavy (non-hydrogen) atoms. The molecule has 1 aromatic heterocycles. The summed E-state index contributed by atoms with van der Waals surface area (Å²) >= 11 is 0. The maximum absolute atomic E-state index is 9.38.